The third-order valence-electron chi connectivity index (χ3n) is 8.17. The molecule has 11 heteroatoms. The maximum Gasteiger partial charge on any atom is 0.271 e. The number of nitrogens with zero attached hydrogens (tertiary/aromatic N) is 5. The lowest BCUT2D eigenvalue weighted by Crippen LogP contribution is -2.44. The third-order valence-corrected chi connectivity index (χ3v) is 8.17. The van der Waals surface area contributed by atoms with E-state index in [1.165, 1.54) is 6.07 Å². The molecule has 0 spiro atoms. The van der Waals surface area contributed by atoms with Crippen LogP contribution in [-0.4, -0.2) is 48.0 Å². The number of amides is 2. The van der Waals surface area contributed by atoms with Crippen LogP contribution in [0.25, 0.3) is 16.6 Å². The monoisotopic (exact) mass is 602 g/mol. The van der Waals surface area contributed by atoms with Crippen LogP contribution >= 0.6 is 0 Å². The van der Waals surface area contributed by atoms with Crippen LogP contribution in [0.1, 0.15) is 52.1 Å². The van der Waals surface area contributed by atoms with Crippen molar-refractivity contribution in [2.24, 2.45) is 0 Å². The maximum absolute atomic E-state index is 14.3. The van der Waals surface area contributed by atoms with E-state index in [2.05, 4.69) is 43.1 Å². The molecule has 0 atom stereocenters. The Kier molecular flexibility index (Phi) is 7.64. The summed E-state index contributed by atoms with van der Waals surface area (Å²) in [5, 5.41) is 14.8. The van der Waals surface area contributed by atoms with Gasteiger partial charge in [-0.3, -0.25) is 14.3 Å². The summed E-state index contributed by atoms with van der Waals surface area (Å²) in [7, 11) is 0. The Morgan fingerprint density at radius 1 is 0.867 bits per heavy atom. The number of hydrogen-bond donors (Lipinski definition) is 3. The predicted octanol–water partition coefficient (Wildman–Crippen LogP) is 5.48. The van der Waals surface area contributed by atoms with Crippen molar-refractivity contribution < 1.29 is 14.0 Å². The SMILES string of the molecule is O=C(NC1CCC(NC(=O)c2cc(F)cnc2Nc2ccc3c(cnn3Cc3ccccc3)c2)CC1)c1cn2ccccc2n1. The Hall–Kier alpha value is -5.58. The molecule has 10 nitrogen and oxygen atoms in total. The molecule has 1 aliphatic carbocycles. The highest BCUT2D eigenvalue weighted by atomic mass is 19.1. The summed E-state index contributed by atoms with van der Waals surface area (Å²) in [6.07, 6.45) is 9.21. The van der Waals surface area contributed by atoms with Crippen LogP contribution in [-0.2, 0) is 6.54 Å². The van der Waals surface area contributed by atoms with Gasteiger partial charge in [-0.05, 0) is 67.6 Å². The summed E-state index contributed by atoms with van der Waals surface area (Å²) in [4.78, 5) is 34.7. The Balaban J connectivity index is 0.977. The van der Waals surface area contributed by atoms with Gasteiger partial charge in [0.05, 0.1) is 30.0 Å². The van der Waals surface area contributed by atoms with Crippen molar-refractivity contribution in [1.29, 1.82) is 0 Å². The van der Waals surface area contributed by atoms with Crippen molar-refractivity contribution in [3.05, 3.63) is 120 Å². The molecule has 7 rings (SSSR count). The minimum atomic E-state index is -0.596. The summed E-state index contributed by atoms with van der Waals surface area (Å²) in [6.45, 7) is 0.650. The number of pyridine rings is 2. The molecule has 226 valence electrons. The Labute approximate surface area is 258 Å². The average Bonchev–Trinajstić information content (AvgIpc) is 3.67. The van der Waals surface area contributed by atoms with Crippen molar-refractivity contribution in [2.45, 2.75) is 44.3 Å². The second kappa shape index (κ2) is 12.2. The number of nitrogens with one attached hydrogen (secondary N) is 3. The van der Waals surface area contributed by atoms with Gasteiger partial charge < -0.3 is 20.4 Å². The number of benzene rings is 2. The minimum absolute atomic E-state index is 0.0181. The first-order valence-electron chi connectivity index (χ1n) is 15.0. The lowest BCUT2D eigenvalue weighted by molar-refractivity contribution is 0.0889. The molecule has 4 heterocycles. The number of hydrogen-bond acceptors (Lipinski definition) is 6. The quantitative estimate of drug-likeness (QED) is 0.212. The van der Waals surface area contributed by atoms with Gasteiger partial charge in [0.2, 0.25) is 0 Å². The van der Waals surface area contributed by atoms with Gasteiger partial charge in [-0.25, -0.2) is 14.4 Å². The van der Waals surface area contributed by atoms with E-state index < -0.39 is 11.7 Å². The Bertz CT molecular complexity index is 1960. The van der Waals surface area contributed by atoms with Gasteiger partial charge in [0, 0.05) is 35.6 Å². The number of aromatic nitrogens is 5. The molecule has 3 N–H and O–H groups in total. The maximum atomic E-state index is 14.3. The van der Waals surface area contributed by atoms with Crippen molar-refractivity contribution in [3.63, 3.8) is 0 Å². The normalized spacial score (nSPS) is 16.5. The molecule has 6 aromatic rings. The molecule has 2 amide bonds. The fourth-order valence-corrected chi connectivity index (χ4v) is 5.84. The molecular formula is C34H31FN8O2. The van der Waals surface area contributed by atoms with Gasteiger partial charge in [-0.2, -0.15) is 5.10 Å². The summed E-state index contributed by atoms with van der Waals surface area (Å²) in [6, 6.07) is 22.6. The van der Waals surface area contributed by atoms with E-state index in [4.69, 9.17) is 0 Å². The third kappa shape index (κ3) is 6.23. The molecule has 1 fully saturated rings. The average molecular weight is 603 g/mol. The van der Waals surface area contributed by atoms with Crippen molar-refractivity contribution in [1.82, 2.24) is 34.8 Å². The summed E-state index contributed by atoms with van der Waals surface area (Å²) >= 11 is 0. The van der Waals surface area contributed by atoms with E-state index >= 15 is 0 Å². The predicted molar refractivity (Wildman–Crippen MR) is 169 cm³/mol. The van der Waals surface area contributed by atoms with Crippen LogP contribution in [0, 0.1) is 5.82 Å². The Morgan fingerprint density at radius 3 is 2.40 bits per heavy atom. The highest BCUT2D eigenvalue weighted by molar-refractivity contribution is 6.00. The molecule has 4 aromatic heterocycles. The molecular weight excluding hydrogens is 571 g/mol. The van der Waals surface area contributed by atoms with Gasteiger partial charge in [-0.1, -0.05) is 36.4 Å². The molecule has 0 bridgehead atoms. The van der Waals surface area contributed by atoms with Crippen LogP contribution in [0.2, 0.25) is 0 Å². The first-order valence-corrected chi connectivity index (χ1v) is 15.0. The van der Waals surface area contributed by atoms with Crippen LogP contribution in [0.4, 0.5) is 15.9 Å². The molecule has 0 saturated heterocycles. The number of halogens is 1. The van der Waals surface area contributed by atoms with Gasteiger partial charge in [-0.15, -0.1) is 0 Å². The summed E-state index contributed by atoms with van der Waals surface area (Å²) < 4.78 is 18.0. The zero-order valence-corrected chi connectivity index (χ0v) is 24.4. The zero-order chi connectivity index (χ0) is 30.8. The van der Waals surface area contributed by atoms with Crippen molar-refractivity contribution in [2.75, 3.05) is 5.32 Å². The minimum Gasteiger partial charge on any atom is -0.349 e. The van der Waals surface area contributed by atoms with Crippen LogP contribution in [0.15, 0.2) is 97.6 Å². The molecule has 0 unspecified atom stereocenters. The number of fused-ring (bicyclic) bond motifs is 2. The largest absolute Gasteiger partial charge is 0.349 e. The number of carbonyl (C=O) groups excluding carboxylic acids is 2. The summed E-state index contributed by atoms with van der Waals surface area (Å²) in [5.74, 6) is -0.951. The van der Waals surface area contributed by atoms with Gasteiger partial charge in [0.1, 0.15) is 23.0 Å². The van der Waals surface area contributed by atoms with E-state index in [1.807, 2.05) is 69.9 Å². The van der Waals surface area contributed by atoms with Crippen LogP contribution in [0.5, 0.6) is 0 Å². The van der Waals surface area contributed by atoms with Crippen molar-refractivity contribution in [3.8, 4) is 0 Å². The topological polar surface area (TPSA) is 118 Å². The number of imidazole rings is 1. The highest BCUT2D eigenvalue weighted by Gasteiger charge is 2.26. The van der Waals surface area contributed by atoms with Gasteiger partial charge in [0.15, 0.2) is 0 Å². The number of anilines is 2. The van der Waals surface area contributed by atoms with Crippen LogP contribution in [0.3, 0.4) is 0 Å². The first-order chi connectivity index (χ1) is 22.0. The molecule has 1 saturated carbocycles. The molecule has 0 radical (unpaired) electrons. The van der Waals surface area contributed by atoms with E-state index in [0.717, 1.165) is 22.7 Å². The summed E-state index contributed by atoms with van der Waals surface area (Å²) in [5.41, 5.74) is 4.03. The lowest BCUT2D eigenvalue weighted by Gasteiger charge is -2.29. The van der Waals surface area contributed by atoms with E-state index in [1.54, 1.807) is 12.4 Å². The van der Waals surface area contributed by atoms with E-state index in [9.17, 15) is 14.0 Å². The molecule has 2 aromatic carbocycles. The molecule has 1 aliphatic rings. The number of rotatable bonds is 8. The van der Waals surface area contributed by atoms with E-state index in [-0.39, 0.29) is 29.4 Å². The molecule has 0 aliphatic heterocycles. The smallest absolute Gasteiger partial charge is 0.271 e. The van der Waals surface area contributed by atoms with Gasteiger partial charge in [0.25, 0.3) is 11.8 Å². The van der Waals surface area contributed by atoms with Gasteiger partial charge >= 0.3 is 0 Å². The zero-order valence-electron chi connectivity index (χ0n) is 24.4. The molecule has 45 heavy (non-hydrogen) atoms. The fraction of sp³-hybridized carbons (Fsp3) is 0.206. The van der Waals surface area contributed by atoms with E-state index in [0.29, 0.717) is 49.3 Å². The van der Waals surface area contributed by atoms with Crippen LogP contribution < -0.4 is 16.0 Å². The second-order valence-corrected chi connectivity index (χ2v) is 11.3. The lowest BCUT2D eigenvalue weighted by atomic mass is 9.91. The second-order valence-electron chi connectivity index (χ2n) is 11.3. The standard InChI is InChI=1S/C34H31FN8O2/c35-24-17-28(32(36-19-24)38-27-13-14-30-23(16-27)18-37-43(30)20-22-6-2-1-3-7-22)33(44)39-25-9-11-26(12-10-25)40-34(45)29-21-42-15-5-4-8-31(42)41-29/h1-8,13-19,21,25-26H,9-12,20H2,(H,36,38)(H,39,44)(H,40,45). The first kappa shape index (κ1) is 28.2. The highest BCUT2D eigenvalue weighted by Crippen LogP contribution is 2.25. The van der Waals surface area contributed by atoms with Crippen molar-refractivity contribution >= 4 is 39.9 Å². The fourth-order valence-electron chi connectivity index (χ4n) is 5.84. The number of carbonyl (C=O) groups is 2. The Morgan fingerprint density at radius 2 is 1.62 bits per heavy atom.